The van der Waals surface area contributed by atoms with Gasteiger partial charge < -0.3 is 10.3 Å². The predicted molar refractivity (Wildman–Crippen MR) is 39.2 cm³/mol. The zero-order chi connectivity index (χ0) is 7.56. The van der Waals surface area contributed by atoms with Crippen LogP contribution in [0.5, 0.6) is 0 Å². The molecule has 1 rings (SSSR count). The van der Waals surface area contributed by atoms with E-state index >= 15 is 0 Å². The summed E-state index contributed by atoms with van der Waals surface area (Å²) in [5.41, 5.74) is 6.90. The molecule has 0 atom stereocenters. The molecular weight excluding hydrogens is 126 g/mol. The zero-order valence-electron chi connectivity index (χ0n) is 5.96. The van der Waals surface area contributed by atoms with Gasteiger partial charge in [-0.1, -0.05) is 0 Å². The number of aromatic nitrogens is 1. The van der Waals surface area contributed by atoms with Gasteiger partial charge in [0.15, 0.2) is 0 Å². The largest absolute Gasteiger partial charge is 0.320 e. The van der Waals surface area contributed by atoms with Crippen LogP contribution in [0.3, 0.4) is 0 Å². The highest BCUT2D eigenvalue weighted by Crippen LogP contribution is 1.88. The van der Waals surface area contributed by atoms with Crippen LogP contribution in [0.25, 0.3) is 0 Å². The normalized spacial score (nSPS) is 9.80. The number of hydrogen-bond donors (Lipinski definition) is 2. The van der Waals surface area contributed by atoms with Gasteiger partial charge in [-0.15, -0.1) is 0 Å². The molecule has 0 aliphatic heterocycles. The molecule has 3 nitrogen and oxygen atoms in total. The molecule has 3 heteroatoms. The number of aryl methyl sites for hydroxylation is 1. The Balaban J connectivity index is 3.20. The maximum atomic E-state index is 7.39. The van der Waals surface area contributed by atoms with Crippen molar-refractivity contribution in [2.75, 3.05) is 0 Å². The van der Waals surface area contributed by atoms with E-state index in [0.717, 1.165) is 5.56 Å². The second-order valence-electron chi connectivity index (χ2n) is 2.24. The van der Waals surface area contributed by atoms with Crippen LogP contribution in [0.1, 0.15) is 5.56 Å². The summed E-state index contributed by atoms with van der Waals surface area (Å²) in [5.74, 6) is 0. The molecule has 0 aliphatic carbocycles. The quantitative estimate of drug-likeness (QED) is 0.570. The molecule has 10 heavy (non-hydrogen) atoms. The van der Waals surface area contributed by atoms with Crippen molar-refractivity contribution in [2.45, 2.75) is 13.6 Å². The van der Waals surface area contributed by atoms with Gasteiger partial charge in [-0.2, -0.15) is 0 Å². The molecule has 0 aliphatic rings. The fourth-order valence-electron chi connectivity index (χ4n) is 0.794. The summed E-state index contributed by atoms with van der Waals surface area (Å²) in [6.45, 7) is 2.33. The van der Waals surface area contributed by atoms with Crippen molar-refractivity contribution in [2.24, 2.45) is 5.73 Å². The first-order chi connectivity index (χ1) is 4.74. The minimum Gasteiger partial charge on any atom is -0.320 e. The van der Waals surface area contributed by atoms with Gasteiger partial charge >= 0.3 is 0 Å². The molecule has 0 spiro atoms. The summed E-state index contributed by atoms with van der Waals surface area (Å²) in [6, 6.07) is 3.72. The Morgan fingerprint density at radius 1 is 1.70 bits per heavy atom. The molecule has 1 aromatic rings. The predicted octanol–water partition coefficient (Wildman–Crippen LogP) is 0.192. The average molecular weight is 137 g/mol. The third kappa shape index (κ3) is 1.25. The lowest BCUT2D eigenvalue weighted by atomic mass is 10.3. The molecule has 0 unspecified atom stereocenters. The summed E-state index contributed by atoms with van der Waals surface area (Å²) in [4.78, 5) is 0. The fourth-order valence-corrected chi connectivity index (χ4v) is 0.794. The number of nitrogens with zero attached hydrogens (tertiary/aromatic N) is 1. The van der Waals surface area contributed by atoms with Crippen molar-refractivity contribution in [1.29, 1.82) is 5.41 Å². The van der Waals surface area contributed by atoms with Crippen molar-refractivity contribution >= 4 is 0 Å². The zero-order valence-corrected chi connectivity index (χ0v) is 5.96. The standard InChI is InChI=1S/C7H11N3/c1-6-2-3-10(5-8)7(9)4-6/h2-4,9H,5,8H2,1H3. The third-order valence-corrected chi connectivity index (χ3v) is 1.39. The lowest BCUT2D eigenvalue weighted by Gasteiger charge is -2.01. The summed E-state index contributed by atoms with van der Waals surface area (Å²) >= 11 is 0. The van der Waals surface area contributed by atoms with Crippen LogP contribution in [0, 0.1) is 12.3 Å². The summed E-state index contributed by atoms with van der Waals surface area (Å²) < 4.78 is 1.67. The highest BCUT2D eigenvalue weighted by Gasteiger charge is 1.87. The number of hydrogen-bond acceptors (Lipinski definition) is 2. The summed E-state index contributed by atoms with van der Waals surface area (Å²) in [7, 11) is 0. The van der Waals surface area contributed by atoms with E-state index in [-0.39, 0.29) is 0 Å². The first kappa shape index (κ1) is 7.02. The number of rotatable bonds is 1. The average Bonchev–Trinajstić information content (AvgIpc) is 1.88. The summed E-state index contributed by atoms with van der Waals surface area (Å²) in [6.07, 6.45) is 1.82. The van der Waals surface area contributed by atoms with Gasteiger partial charge in [0, 0.05) is 6.20 Å². The molecule has 1 aromatic heterocycles. The maximum absolute atomic E-state index is 7.39. The number of pyridine rings is 1. The Kier molecular flexibility index (Phi) is 1.87. The van der Waals surface area contributed by atoms with E-state index in [9.17, 15) is 0 Å². The van der Waals surface area contributed by atoms with E-state index in [1.807, 2.05) is 19.2 Å². The van der Waals surface area contributed by atoms with E-state index in [4.69, 9.17) is 11.1 Å². The van der Waals surface area contributed by atoms with Crippen molar-refractivity contribution in [1.82, 2.24) is 4.57 Å². The van der Waals surface area contributed by atoms with Gasteiger partial charge in [0.25, 0.3) is 0 Å². The lowest BCUT2D eigenvalue weighted by molar-refractivity contribution is 0.677. The van der Waals surface area contributed by atoms with Crippen molar-refractivity contribution < 1.29 is 0 Å². The van der Waals surface area contributed by atoms with E-state index in [0.29, 0.717) is 12.2 Å². The molecule has 54 valence electrons. The number of nitrogens with one attached hydrogen (secondary N) is 1. The fraction of sp³-hybridized carbons (Fsp3) is 0.286. The summed E-state index contributed by atoms with van der Waals surface area (Å²) in [5, 5.41) is 7.39. The second kappa shape index (κ2) is 2.66. The van der Waals surface area contributed by atoms with E-state index in [1.165, 1.54) is 0 Å². The van der Waals surface area contributed by atoms with Crippen LogP contribution in [0.2, 0.25) is 0 Å². The Morgan fingerprint density at radius 2 is 2.40 bits per heavy atom. The van der Waals surface area contributed by atoms with Crippen LogP contribution in [-0.2, 0) is 6.67 Å². The molecular formula is C7H11N3. The van der Waals surface area contributed by atoms with Crippen LogP contribution in [0.15, 0.2) is 18.3 Å². The van der Waals surface area contributed by atoms with Gasteiger partial charge in [0.05, 0.1) is 6.67 Å². The van der Waals surface area contributed by atoms with Gasteiger partial charge in [0.2, 0.25) is 0 Å². The van der Waals surface area contributed by atoms with E-state index in [2.05, 4.69) is 0 Å². The number of nitrogens with two attached hydrogens (primary N) is 1. The van der Waals surface area contributed by atoms with Crippen molar-refractivity contribution in [3.05, 3.63) is 29.4 Å². The molecule has 0 saturated carbocycles. The highest BCUT2D eigenvalue weighted by molar-refractivity contribution is 5.06. The van der Waals surface area contributed by atoms with Gasteiger partial charge in [0.1, 0.15) is 5.49 Å². The molecule has 0 saturated heterocycles. The van der Waals surface area contributed by atoms with Gasteiger partial charge in [-0.3, -0.25) is 5.41 Å². The smallest absolute Gasteiger partial charge is 0.125 e. The lowest BCUT2D eigenvalue weighted by Crippen LogP contribution is -2.22. The minimum atomic E-state index is 0.374. The van der Waals surface area contributed by atoms with Crippen LogP contribution in [-0.4, -0.2) is 4.57 Å². The minimum absolute atomic E-state index is 0.374. The molecule has 3 N–H and O–H groups in total. The SMILES string of the molecule is Cc1ccn(CN)c(=N)c1. The van der Waals surface area contributed by atoms with Crippen LogP contribution in [0.4, 0.5) is 0 Å². The van der Waals surface area contributed by atoms with Crippen LogP contribution >= 0.6 is 0 Å². The maximum Gasteiger partial charge on any atom is 0.125 e. The second-order valence-corrected chi connectivity index (χ2v) is 2.24. The highest BCUT2D eigenvalue weighted by atomic mass is 15.0. The van der Waals surface area contributed by atoms with Gasteiger partial charge in [-0.25, -0.2) is 0 Å². The van der Waals surface area contributed by atoms with Gasteiger partial charge in [-0.05, 0) is 24.6 Å². The first-order valence-electron chi connectivity index (χ1n) is 3.16. The topological polar surface area (TPSA) is 54.8 Å². The molecule has 0 fully saturated rings. The monoisotopic (exact) mass is 137 g/mol. The Hall–Kier alpha value is -1.09. The third-order valence-electron chi connectivity index (χ3n) is 1.39. The van der Waals surface area contributed by atoms with Crippen LogP contribution < -0.4 is 11.2 Å². The molecule has 1 heterocycles. The first-order valence-corrected chi connectivity index (χ1v) is 3.16. The molecule has 0 aromatic carbocycles. The van der Waals surface area contributed by atoms with E-state index < -0.39 is 0 Å². The van der Waals surface area contributed by atoms with Crippen molar-refractivity contribution in [3.8, 4) is 0 Å². The Bertz CT molecular complexity index is 274. The Labute approximate surface area is 59.6 Å². The Morgan fingerprint density at radius 3 is 2.90 bits per heavy atom. The molecule has 0 bridgehead atoms. The van der Waals surface area contributed by atoms with Crippen molar-refractivity contribution in [3.63, 3.8) is 0 Å². The molecule has 0 amide bonds. The van der Waals surface area contributed by atoms with E-state index in [1.54, 1.807) is 10.6 Å². The molecule has 0 radical (unpaired) electrons.